The molecule has 24 heavy (non-hydrogen) atoms. The van der Waals surface area contributed by atoms with Gasteiger partial charge in [0.2, 0.25) is 0 Å². The average molecular weight is 333 g/mol. The topological polar surface area (TPSA) is 66.6 Å². The first kappa shape index (κ1) is 16.0. The van der Waals surface area contributed by atoms with Crippen LogP contribution in [0.15, 0.2) is 48.8 Å². The molecule has 118 valence electrons. The van der Waals surface area contributed by atoms with Crippen molar-refractivity contribution in [2.75, 3.05) is 0 Å². The van der Waals surface area contributed by atoms with Crippen molar-refractivity contribution in [3.63, 3.8) is 0 Å². The maximum atomic E-state index is 12.7. The molecule has 0 radical (unpaired) electrons. The van der Waals surface area contributed by atoms with Gasteiger partial charge in [0.05, 0.1) is 16.6 Å². The normalized spacial score (nSPS) is 11.7. The Morgan fingerprint density at radius 1 is 1.21 bits per heavy atom. The van der Waals surface area contributed by atoms with Crippen LogP contribution in [0.25, 0.3) is 10.6 Å². The molecule has 1 atom stereocenters. The standard InChI is InChI=1S/C19H15N3OS/c1-12-6-7-14(13(2)9-12)19-22-11-17(24-19)18(23)15(10-20)16-5-3-4-8-21-16/h3-9,11,15H,1-2H3/t15-/m1/s1. The molecule has 5 heteroatoms. The summed E-state index contributed by atoms with van der Waals surface area (Å²) in [5, 5.41) is 10.2. The van der Waals surface area contributed by atoms with Gasteiger partial charge in [0.25, 0.3) is 0 Å². The van der Waals surface area contributed by atoms with Crippen LogP contribution in [0.3, 0.4) is 0 Å². The van der Waals surface area contributed by atoms with Crippen molar-refractivity contribution < 1.29 is 4.79 Å². The molecular formula is C19H15N3OS. The van der Waals surface area contributed by atoms with E-state index in [2.05, 4.69) is 22.1 Å². The van der Waals surface area contributed by atoms with E-state index in [9.17, 15) is 10.1 Å². The molecule has 0 aliphatic rings. The van der Waals surface area contributed by atoms with E-state index >= 15 is 0 Å². The molecule has 2 heterocycles. The zero-order valence-corrected chi connectivity index (χ0v) is 14.2. The van der Waals surface area contributed by atoms with Gasteiger partial charge < -0.3 is 0 Å². The fraction of sp³-hybridized carbons (Fsp3) is 0.158. The number of Topliss-reactive ketones (excluding diaryl/α,β-unsaturated/α-hetero) is 1. The Labute approximate surface area is 144 Å². The molecule has 0 aliphatic heterocycles. The minimum atomic E-state index is -0.904. The molecule has 0 unspecified atom stereocenters. The van der Waals surface area contributed by atoms with Crippen LogP contribution >= 0.6 is 11.3 Å². The summed E-state index contributed by atoms with van der Waals surface area (Å²) in [7, 11) is 0. The number of carbonyl (C=O) groups is 1. The summed E-state index contributed by atoms with van der Waals surface area (Å²) in [6.07, 6.45) is 3.13. The maximum Gasteiger partial charge on any atom is 0.197 e. The number of nitriles is 1. The highest BCUT2D eigenvalue weighted by Gasteiger charge is 2.25. The number of ketones is 1. The van der Waals surface area contributed by atoms with Gasteiger partial charge >= 0.3 is 0 Å². The van der Waals surface area contributed by atoms with Crippen molar-refractivity contribution in [1.29, 1.82) is 5.26 Å². The highest BCUT2D eigenvalue weighted by molar-refractivity contribution is 7.17. The van der Waals surface area contributed by atoms with Crippen LogP contribution in [-0.4, -0.2) is 15.8 Å². The van der Waals surface area contributed by atoms with Gasteiger partial charge in [-0.15, -0.1) is 11.3 Å². The summed E-state index contributed by atoms with van der Waals surface area (Å²) < 4.78 is 0. The first-order valence-electron chi connectivity index (χ1n) is 7.48. The van der Waals surface area contributed by atoms with E-state index in [1.54, 1.807) is 30.6 Å². The Hall–Kier alpha value is -2.84. The van der Waals surface area contributed by atoms with Crippen LogP contribution < -0.4 is 0 Å². The van der Waals surface area contributed by atoms with Crippen LogP contribution in [0.2, 0.25) is 0 Å². The van der Waals surface area contributed by atoms with Crippen molar-refractivity contribution in [1.82, 2.24) is 9.97 Å². The summed E-state index contributed by atoms with van der Waals surface area (Å²) in [6.45, 7) is 4.06. The lowest BCUT2D eigenvalue weighted by atomic mass is 10.0. The molecule has 0 N–H and O–H groups in total. The minimum Gasteiger partial charge on any atom is -0.291 e. The van der Waals surface area contributed by atoms with Gasteiger partial charge in [0.1, 0.15) is 5.01 Å². The molecular weight excluding hydrogens is 318 g/mol. The fourth-order valence-electron chi connectivity index (χ4n) is 2.51. The molecule has 0 bridgehead atoms. The summed E-state index contributed by atoms with van der Waals surface area (Å²) >= 11 is 1.31. The minimum absolute atomic E-state index is 0.260. The lowest BCUT2D eigenvalue weighted by Crippen LogP contribution is -2.11. The second kappa shape index (κ2) is 6.73. The van der Waals surface area contributed by atoms with Crippen LogP contribution in [0.5, 0.6) is 0 Å². The van der Waals surface area contributed by atoms with Gasteiger partial charge in [-0.3, -0.25) is 9.78 Å². The molecule has 0 aliphatic carbocycles. The van der Waals surface area contributed by atoms with E-state index in [1.165, 1.54) is 16.9 Å². The van der Waals surface area contributed by atoms with Gasteiger partial charge in [-0.1, -0.05) is 29.8 Å². The number of hydrogen-bond donors (Lipinski definition) is 0. The molecule has 0 saturated carbocycles. The Morgan fingerprint density at radius 2 is 2.04 bits per heavy atom. The zero-order chi connectivity index (χ0) is 17.1. The van der Waals surface area contributed by atoms with Crippen molar-refractivity contribution in [3.05, 3.63) is 70.5 Å². The second-order valence-corrected chi connectivity index (χ2v) is 6.56. The Bertz CT molecular complexity index is 925. The number of aromatic nitrogens is 2. The second-order valence-electron chi connectivity index (χ2n) is 5.53. The third-order valence-corrected chi connectivity index (χ3v) is 4.78. The molecule has 0 spiro atoms. The van der Waals surface area contributed by atoms with Crippen LogP contribution in [0.1, 0.15) is 32.4 Å². The molecule has 4 nitrogen and oxygen atoms in total. The molecule has 3 rings (SSSR count). The summed E-state index contributed by atoms with van der Waals surface area (Å²) in [5.41, 5.74) is 3.77. The van der Waals surface area contributed by atoms with Gasteiger partial charge in [-0.2, -0.15) is 5.26 Å². The quantitative estimate of drug-likeness (QED) is 0.667. The van der Waals surface area contributed by atoms with Crippen molar-refractivity contribution in [3.8, 4) is 16.6 Å². The molecule has 2 aromatic heterocycles. The third kappa shape index (κ3) is 3.10. The largest absolute Gasteiger partial charge is 0.291 e. The van der Waals surface area contributed by atoms with E-state index in [4.69, 9.17) is 0 Å². The van der Waals surface area contributed by atoms with E-state index < -0.39 is 5.92 Å². The number of thiazole rings is 1. The van der Waals surface area contributed by atoms with Crippen molar-refractivity contribution in [2.45, 2.75) is 19.8 Å². The Balaban J connectivity index is 1.92. The highest BCUT2D eigenvalue weighted by Crippen LogP contribution is 2.30. The van der Waals surface area contributed by atoms with Gasteiger partial charge in [0, 0.05) is 18.0 Å². The predicted molar refractivity (Wildman–Crippen MR) is 93.9 cm³/mol. The highest BCUT2D eigenvalue weighted by atomic mass is 32.1. The summed E-state index contributed by atoms with van der Waals surface area (Å²) in [6, 6.07) is 13.4. The monoisotopic (exact) mass is 333 g/mol. The van der Waals surface area contributed by atoms with Crippen LogP contribution in [0, 0.1) is 25.2 Å². The lowest BCUT2D eigenvalue weighted by Gasteiger charge is -2.05. The van der Waals surface area contributed by atoms with Crippen molar-refractivity contribution >= 4 is 17.1 Å². The van der Waals surface area contributed by atoms with Gasteiger partial charge in [-0.25, -0.2) is 4.98 Å². The summed E-state index contributed by atoms with van der Waals surface area (Å²) in [5.74, 6) is -1.16. The fourth-order valence-corrected chi connectivity index (χ4v) is 3.49. The Morgan fingerprint density at radius 3 is 2.71 bits per heavy atom. The molecule has 3 aromatic rings. The van der Waals surface area contributed by atoms with Gasteiger partial charge in [-0.05, 0) is 31.5 Å². The van der Waals surface area contributed by atoms with E-state index in [0.29, 0.717) is 10.6 Å². The molecule has 1 aromatic carbocycles. The van der Waals surface area contributed by atoms with Crippen molar-refractivity contribution in [2.24, 2.45) is 0 Å². The van der Waals surface area contributed by atoms with E-state index in [0.717, 1.165) is 16.1 Å². The number of pyridine rings is 1. The predicted octanol–water partition coefficient (Wildman–Crippen LogP) is 4.31. The Kier molecular flexibility index (Phi) is 4.50. The number of nitrogens with zero attached hydrogens (tertiary/aromatic N) is 3. The number of hydrogen-bond acceptors (Lipinski definition) is 5. The maximum absolute atomic E-state index is 12.7. The third-order valence-electron chi connectivity index (χ3n) is 3.74. The van der Waals surface area contributed by atoms with E-state index in [1.807, 2.05) is 26.0 Å². The number of carbonyl (C=O) groups excluding carboxylic acids is 1. The van der Waals surface area contributed by atoms with Crippen LogP contribution in [-0.2, 0) is 0 Å². The molecule has 0 amide bonds. The molecule has 0 saturated heterocycles. The number of aryl methyl sites for hydroxylation is 2. The molecule has 0 fully saturated rings. The summed E-state index contributed by atoms with van der Waals surface area (Å²) in [4.78, 5) is 21.6. The first-order valence-corrected chi connectivity index (χ1v) is 8.30. The smallest absolute Gasteiger partial charge is 0.197 e. The van der Waals surface area contributed by atoms with Crippen LogP contribution in [0.4, 0.5) is 0 Å². The van der Waals surface area contributed by atoms with Gasteiger partial charge in [0.15, 0.2) is 11.7 Å². The lowest BCUT2D eigenvalue weighted by molar-refractivity contribution is 0.0981. The average Bonchev–Trinajstić information content (AvgIpc) is 3.06. The number of benzene rings is 1. The SMILES string of the molecule is Cc1ccc(-c2ncc(C(=O)[C@H](C#N)c3ccccn3)s2)c(C)c1. The first-order chi connectivity index (χ1) is 11.6. The number of rotatable bonds is 4. The zero-order valence-electron chi connectivity index (χ0n) is 13.4. The van der Waals surface area contributed by atoms with E-state index in [-0.39, 0.29) is 5.78 Å².